The molecule has 0 saturated heterocycles. The lowest BCUT2D eigenvalue weighted by molar-refractivity contribution is 0.102. The smallest absolute Gasteiger partial charge is 0.263 e. The van der Waals surface area contributed by atoms with E-state index in [1.165, 1.54) is 12.1 Å². The molecular formula is C12H12FN3O2. The van der Waals surface area contributed by atoms with E-state index in [2.05, 4.69) is 15.5 Å². The first-order valence-corrected chi connectivity index (χ1v) is 5.31. The van der Waals surface area contributed by atoms with Gasteiger partial charge in [0.1, 0.15) is 17.1 Å². The number of carbonyl (C=O) groups excluding carboxylic acids is 1. The van der Waals surface area contributed by atoms with Crippen LogP contribution in [0.1, 0.15) is 21.6 Å². The highest BCUT2D eigenvalue weighted by Gasteiger charge is 2.18. The molecule has 0 aliphatic rings. The number of halogens is 1. The van der Waals surface area contributed by atoms with Crippen LogP contribution in [0.5, 0.6) is 5.75 Å². The number of nitrogens with one attached hydrogen (secondary N) is 2. The van der Waals surface area contributed by atoms with Gasteiger partial charge in [0.2, 0.25) is 0 Å². The van der Waals surface area contributed by atoms with Crippen LogP contribution < -0.4 is 5.32 Å². The zero-order valence-corrected chi connectivity index (χ0v) is 9.91. The van der Waals surface area contributed by atoms with Crippen LogP contribution >= 0.6 is 0 Å². The van der Waals surface area contributed by atoms with Crippen molar-refractivity contribution in [3.05, 3.63) is 40.8 Å². The molecule has 94 valence electrons. The van der Waals surface area contributed by atoms with Crippen LogP contribution in [0.15, 0.2) is 18.2 Å². The Hall–Kier alpha value is -2.37. The van der Waals surface area contributed by atoms with Gasteiger partial charge in [-0.05, 0) is 26.0 Å². The molecule has 6 heteroatoms. The van der Waals surface area contributed by atoms with Crippen molar-refractivity contribution in [2.24, 2.45) is 0 Å². The van der Waals surface area contributed by atoms with Gasteiger partial charge in [0, 0.05) is 11.3 Å². The van der Waals surface area contributed by atoms with Crippen LogP contribution in [0, 0.1) is 19.7 Å². The van der Waals surface area contributed by atoms with Gasteiger partial charge < -0.3 is 10.4 Å². The van der Waals surface area contributed by atoms with Gasteiger partial charge in [-0.15, -0.1) is 0 Å². The zero-order chi connectivity index (χ0) is 13.3. The molecule has 2 rings (SSSR count). The SMILES string of the molecule is Cc1[nH]nc(NC(=O)c2c(O)cccc2F)c1C. The average Bonchev–Trinajstić information content (AvgIpc) is 2.61. The second kappa shape index (κ2) is 4.48. The molecule has 1 heterocycles. The third kappa shape index (κ3) is 2.04. The Morgan fingerprint density at radius 2 is 2.17 bits per heavy atom. The molecule has 18 heavy (non-hydrogen) atoms. The number of hydrogen-bond acceptors (Lipinski definition) is 3. The second-order valence-electron chi connectivity index (χ2n) is 3.91. The van der Waals surface area contributed by atoms with E-state index in [1.54, 1.807) is 13.8 Å². The number of hydrogen-bond donors (Lipinski definition) is 3. The number of H-pyrrole nitrogens is 1. The van der Waals surface area contributed by atoms with Crippen LogP contribution in [0.25, 0.3) is 0 Å². The molecule has 0 fully saturated rings. The number of benzene rings is 1. The predicted octanol–water partition coefficient (Wildman–Crippen LogP) is 2.12. The van der Waals surface area contributed by atoms with Crippen LogP contribution in [-0.4, -0.2) is 21.2 Å². The Labute approximate surface area is 103 Å². The minimum absolute atomic E-state index is 0.320. The summed E-state index contributed by atoms with van der Waals surface area (Å²) < 4.78 is 13.5. The minimum Gasteiger partial charge on any atom is -0.507 e. The topological polar surface area (TPSA) is 78.0 Å². The molecule has 0 saturated carbocycles. The number of nitrogens with zero attached hydrogens (tertiary/aromatic N) is 1. The van der Waals surface area contributed by atoms with E-state index >= 15 is 0 Å². The first kappa shape index (κ1) is 12.1. The second-order valence-corrected chi connectivity index (χ2v) is 3.91. The summed E-state index contributed by atoms with van der Waals surface area (Å²) in [4.78, 5) is 11.9. The molecule has 3 N–H and O–H groups in total. The van der Waals surface area contributed by atoms with Crippen molar-refractivity contribution in [3.63, 3.8) is 0 Å². The fraction of sp³-hybridized carbons (Fsp3) is 0.167. The lowest BCUT2D eigenvalue weighted by Gasteiger charge is -2.06. The quantitative estimate of drug-likeness (QED) is 0.762. The maximum atomic E-state index is 13.5. The fourth-order valence-corrected chi connectivity index (χ4v) is 1.51. The standard InChI is InChI=1S/C12H12FN3O2/c1-6-7(2)15-16-11(6)14-12(18)10-8(13)4-3-5-9(10)17/h3-5,17H,1-2H3,(H2,14,15,16,18). The Morgan fingerprint density at radius 3 is 2.72 bits per heavy atom. The predicted molar refractivity (Wildman–Crippen MR) is 64.1 cm³/mol. The molecule has 0 radical (unpaired) electrons. The minimum atomic E-state index is -0.780. The maximum absolute atomic E-state index is 13.5. The van der Waals surface area contributed by atoms with E-state index in [0.717, 1.165) is 17.3 Å². The molecule has 0 aliphatic carbocycles. The van der Waals surface area contributed by atoms with Gasteiger partial charge in [0.15, 0.2) is 5.82 Å². The van der Waals surface area contributed by atoms with Crippen LogP contribution in [0.2, 0.25) is 0 Å². The van der Waals surface area contributed by atoms with Gasteiger partial charge in [-0.3, -0.25) is 9.89 Å². The van der Waals surface area contributed by atoms with Gasteiger partial charge >= 0.3 is 0 Å². The van der Waals surface area contributed by atoms with Gasteiger partial charge in [-0.2, -0.15) is 5.10 Å². The molecule has 1 aromatic heterocycles. The summed E-state index contributed by atoms with van der Waals surface area (Å²) in [5.41, 5.74) is 1.18. The van der Waals surface area contributed by atoms with E-state index in [1.807, 2.05) is 0 Å². The zero-order valence-electron chi connectivity index (χ0n) is 9.91. The third-order valence-corrected chi connectivity index (χ3v) is 2.70. The summed E-state index contributed by atoms with van der Waals surface area (Å²) in [5.74, 6) is -1.60. The number of amides is 1. The summed E-state index contributed by atoms with van der Waals surface area (Å²) in [6.07, 6.45) is 0. The number of carbonyl (C=O) groups is 1. The van der Waals surface area contributed by atoms with Crippen LogP contribution in [0.3, 0.4) is 0 Å². The van der Waals surface area contributed by atoms with Gasteiger partial charge in [-0.1, -0.05) is 6.07 Å². The number of rotatable bonds is 2. The van der Waals surface area contributed by atoms with Gasteiger partial charge in [0.05, 0.1) is 0 Å². The molecule has 0 aliphatic heterocycles. The lowest BCUT2D eigenvalue weighted by atomic mass is 10.1. The van der Waals surface area contributed by atoms with E-state index in [-0.39, 0.29) is 0 Å². The summed E-state index contributed by atoms with van der Waals surface area (Å²) >= 11 is 0. The van der Waals surface area contributed by atoms with Crippen molar-refractivity contribution in [2.45, 2.75) is 13.8 Å². The number of phenols is 1. The maximum Gasteiger partial charge on any atom is 0.263 e. The molecule has 0 spiro atoms. The van der Waals surface area contributed by atoms with Crippen molar-refractivity contribution in [1.29, 1.82) is 0 Å². The molecule has 5 nitrogen and oxygen atoms in total. The Bertz CT molecular complexity index is 587. The Kier molecular flexibility index (Phi) is 3.01. The normalized spacial score (nSPS) is 10.4. The lowest BCUT2D eigenvalue weighted by Crippen LogP contribution is -2.15. The van der Waals surface area contributed by atoms with Gasteiger partial charge in [0.25, 0.3) is 5.91 Å². The monoisotopic (exact) mass is 249 g/mol. The third-order valence-electron chi connectivity index (χ3n) is 2.70. The number of anilines is 1. The number of aromatic amines is 1. The van der Waals surface area contributed by atoms with E-state index in [0.29, 0.717) is 5.82 Å². The molecule has 1 aromatic carbocycles. The Morgan fingerprint density at radius 1 is 1.44 bits per heavy atom. The summed E-state index contributed by atoms with van der Waals surface area (Å²) in [7, 11) is 0. The fourth-order valence-electron chi connectivity index (χ4n) is 1.51. The highest BCUT2D eigenvalue weighted by molar-refractivity contribution is 6.06. The van der Waals surface area contributed by atoms with Crippen LogP contribution in [-0.2, 0) is 0 Å². The number of aryl methyl sites for hydroxylation is 1. The van der Waals surface area contributed by atoms with Crippen molar-refractivity contribution in [2.75, 3.05) is 5.32 Å². The average molecular weight is 249 g/mol. The van der Waals surface area contributed by atoms with E-state index < -0.39 is 23.0 Å². The van der Waals surface area contributed by atoms with E-state index in [4.69, 9.17) is 0 Å². The molecule has 0 unspecified atom stereocenters. The molecule has 2 aromatic rings. The first-order valence-electron chi connectivity index (χ1n) is 5.31. The summed E-state index contributed by atoms with van der Waals surface area (Å²) in [6.45, 7) is 3.58. The molecular weight excluding hydrogens is 237 g/mol. The molecule has 1 amide bonds. The van der Waals surface area contributed by atoms with Crippen molar-refractivity contribution < 1.29 is 14.3 Å². The van der Waals surface area contributed by atoms with E-state index in [9.17, 15) is 14.3 Å². The molecule has 0 bridgehead atoms. The first-order chi connectivity index (χ1) is 8.50. The van der Waals surface area contributed by atoms with Gasteiger partial charge in [-0.25, -0.2) is 4.39 Å². The largest absolute Gasteiger partial charge is 0.507 e. The number of aromatic hydroxyl groups is 1. The summed E-state index contributed by atoms with van der Waals surface area (Å²) in [5, 5.41) is 18.5. The number of aromatic nitrogens is 2. The van der Waals surface area contributed by atoms with Crippen LogP contribution in [0.4, 0.5) is 10.2 Å². The van der Waals surface area contributed by atoms with Crippen molar-refractivity contribution >= 4 is 11.7 Å². The Balaban J connectivity index is 2.31. The highest BCUT2D eigenvalue weighted by Crippen LogP contribution is 2.22. The number of phenolic OH excluding ortho intramolecular Hbond substituents is 1. The highest BCUT2D eigenvalue weighted by atomic mass is 19.1. The molecule has 0 atom stereocenters. The summed E-state index contributed by atoms with van der Waals surface area (Å²) in [6, 6.07) is 3.68. The van der Waals surface area contributed by atoms with Crippen molar-refractivity contribution in [1.82, 2.24) is 10.2 Å². The van der Waals surface area contributed by atoms with Crippen molar-refractivity contribution in [3.8, 4) is 5.75 Å².